The molecule has 2 rings (SSSR count). The highest BCUT2D eigenvalue weighted by atomic mass is 16.4. The highest BCUT2D eigenvalue weighted by Crippen LogP contribution is 2.20. The van der Waals surface area contributed by atoms with Crippen molar-refractivity contribution in [2.75, 3.05) is 6.54 Å². The Morgan fingerprint density at radius 1 is 1.67 bits per heavy atom. The van der Waals surface area contributed by atoms with E-state index in [2.05, 4.69) is 5.32 Å². The Bertz CT molecular complexity index is 317. The van der Waals surface area contributed by atoms with Crippen molar-refractivity contribution in [3.8, 4) is 0 Å². The fraction of sp³-hybridized carbons (Fsp3) is 0.545. The zero-order chi connectivity index (χ0) is 10.7. The summed E-state index contributed by atoms with van der Waals surface area (Å²) in [6.45, 7) is 0.452. The summed E-state index contributed by atoms with van der Waals surface area (Å²) in [6, 6.07) is 3.93. The van der Waals surface area contributed by atoms with Gasteiger partial charge < -0.3 is 14.8 Å². The van der Waals surface area contributed by atoms with Crippen LogP contribution in [0.1, 0.15) is 30.9 Å². The summed E-state index contributed by atoms with van der Waals surface area (Å²) in [4.78, 5) is 11.0. The second-order valence-corrected chi connectivity index (χ2v) is 3.94. The molecule has 1 atom stereocenters. The fourth-order valence-corrected chi connectivity index (χ4v) is 1.70. The first-order valence-electron chi connectivity index (χ1n) is 5.27. The van der Waals surface area contributed by atoms with Gasteiger partial charge in [-0.25, -0.2) is 0 Å². The molecule has 0 radical (unpaired) electrons. The van der Waals surface area contributed by atoms with Crippen molar-refractivity contribution in [2.45, 2.75) is 31.2 Å². The van der Waals surface area contributed by atoms with Crippen molar-refractivity contribution >= 4 is 5.97 Å². The lowest BCUT2D eigenvalue weighted by Gasteiger charge is -2.27. The van der Waals surface area contributed by atoms with Gasteiger partial charge in [0.2, 0.25) is 0 Å². The van der Waals surface area contributed by atoms with Crippen LogP contribution in [0.3, 0.4) is 0 Å². The van der Waals surface area contributed by atoms with Gasteiger partial charge in [-0.1, -0.05) is 6.42 Å². The molecule has 2 N–H and O–H groups in total. The monoisotopic (exact) mass is 209 g/mol. The second-order valence-electron chi connectivity index (χ2n) is 3.94. The Labute approximate surface area is 88.3 Å². The number of carboxylic acids is 1. The summed E-state index contributed by atoms with van der Waals surface area (Å²) in [5, 5.41) is 12.3. The third-order valence-corrected chi connectivity index (χ3v) is 2.90. The summed E-state index contributed by atoms with van der Waals surface area (Å²) in [7, 11) is 0. The highest BCUT2D eigenvalue weighted by Gasteiger charge is 2.25. The summed E-state index contributed by atoms with van der Waals surface area (Å²) in [5.41, 5.74) is 0. The maximum Gasteiger partial charge on any atom is 0.315 e. The molecule has 0 spiro atoms. The Morgan fingerprint density at radius 2 is 2.47 bits per heavy atom. The average molecular weight is 209 g/mol. The van der Waals surface area contributed by atoms with E-state index in [0.717, 1.165) is 12.8 Å². The van der Waals surface area contributed by atoms with Gasteiger partial charge in [-0.3, -0.25) is 4.79 Å². The van der Waals surface area contributed by atoms with E-state index in [-0.39, 0.29) is 0 Å². The van der Waals surface area contributed by atoms with Gasteiger partial charge in [0.05, 0.1) is 6.26 Å². The lowest BCUT2D eigenvalue weighted by molar-refractivity contribution is -0.139. The van der Waals surface area contributed by atoms with Crippen LogP contribution in [-0.4, -0.2) is 23.7 Å². The average Bonchev–Trinajstić information content (AvgIpc) is 2.61. The van der Waals surface area contributed by atoms with Crippen LogP contribution < -0.4 is 5.32 Å². The largest absolute Gasteiger partial charge is 0.481 e. The van der Waals surface area contributed by atoms with Crippen molar-refractivity contribution < 1.29 is 14.3 Å². The van der Waals surface area contributed by atoms with Crippen molar-refractivity contribution in [1.29, 1.82) is 0 Å². The molecule has 1 heterocycles. The van der Waals surface area contributed by atoms with Crippen LogP contribution in [0.5, 0.6) is 0 Å². The summed E-state index contributed by atoms with van der Waals surface area (Å²) < 4.78 is 5.12. The van der Waals surface area contributed by atoms with Crippen LogP contribution in [0.4, 0.5) is 0 Å². The van der Waals surface area contributed by atoms with Gasteiger partial charge in [-0.15, -0.1) is 0 Å². The summed E-state index contributed by atoms with van der Waals surface area (Å²) in [5.74, 6) is -0.883. The molecule has 0 aliphatic heterocycles. The molecule has 1 aromatic rings. The van der Waals surface area contributed by atoms with Crippen LogP contribution in [0.25, 0.3) is 0 Å². The zero-order valence-electron chi connectivity index (χ0n) is 8.48. The Hall–Kier alpha value is -1.29. The van der Waals surface area contributed by atoms with Gasteiger partial charge in [-0.2, -0.15) is 0 Å². The number of aliphatic carboxylic acids is 1. The first kappa shape index (κ1) is 10.2. The van der Waals surface area contributed by atoms with Gasteiger partial charge in [-0.05, 0) is 25.0 Å². The molecule has 1 aliphatic rings. The molecule has 1 unspecified atom stereocenters. The molecular weight excluding hydrogens is 194 g/mol. The topological polar surface area (TPSA) is 62.5 Å². The predicted molar refractivity (Wildman–Crippen MR) is 54.7 cm³/mol. The Kier molecular flexibility index (Phi) is 3.06. The van der Waals surface area contributed by atoms with Crippen LogP contribution in [0.15, 0.2) is 22.8 Å². The number of hydrogen-bond acceptors (Lipinski definition) is 3. The minimum absolute atomic E-state index is 0.452. The van der Waals surface area contributed by atoms with E-state index in [1.54, 1.807) is 12.1 Å². The predicted octanol–water partition coefficient (Wildman–Crippen LogP) is 1.59. The number of hydrogen-bond donors (Lipinski definition) is 2. The minimum Gasteiger partial charge on any atom is -0.481 e. The molecular formula is C11H15NO3. The smallest absolute Gasteiger partial charge is 0.315 e. The molecule has 0 bridgehead atoms. The normalized spacial score (nSPS) is 18.4. The number of carbonyl (C=O) groups is 1. The van der Waals surface area contributed by atoms with Gasteiger partial charge in [0.15, 0.2) is 0 Å². The van der Waals surface area contributed by atoms with Crippen LogP contribution in [0.2, 0.25) is 0 Å². The minimum atomic E-state index is -0.836. The quantitative estimate of drug-likeness (QED) is 0.773. The van der Waals surface area contributed by atoms with E-state index >= 15 is 0 Å². The van der Waals surface area contributed by atoms with Gasteiger partial charge in [0.1, 0.15) is 11.7 Å². The fourth-order valence-electron chi connectivity index (χ4n) is 1.70. The molecule has 1 fully saturated rings. The van der Waals surface area contributed by atoms with E-state index < -0.39 is 11.9 Å². The SMILES string of the molecule is O=C(O)C(CNC1CCC1)c1ccco1. The Morgan fingerprint density at radius 3 is 2.93 bits per heavy atom. The number of furan rings is 1. The second kappa shape index (κ2) is 4.49. The van der Waals surface area contributed by atoms with E-state index in [1.807, 2.05) is 0 Å². The van der Waals surface area contributed by atoms with Crippen molar-refractivity contribution in [1.82, 2.24) is 5.32 Å². The third-order valence-electron chi connectivity index (χ3n) is 2.90. The molecule has 1 saturated carbocycles. The molecule has 4 heteroatoms. The van der Waals surface area contributed by atoms with E-state index in [4.69, 9.17) is 9.52 Å². The zero-order valence-corrected chi connectivity index (χ0v) is 8.48. The van der Waals surface area contributed by atoms with E-state index in [1.165, 1.54) is 12.7 Å². The maximum atomic E-state index is 11.0. The van der Waals surface area contributed by atoms with Crippen LogP contribution >= 0.6 is 0 Å². The standard InChI is InChI=1S/C11H15NO3/c13-11(14)9(10-5-2-6-15-10)7-12-8-3-1-4-8/h2,5-6,8-9,12H,1,3-4,7H2,(H,13,14). The van der Waals surface area contributed by atoms with Crippen LogP contribution in [0, 0.1) is 0 Å². The van der Waals surface area contributed by atoms with Gasteiger partial charge in [0.25, 0.3) is 0 Å². The Balaban J connectivity index is 1.91. The summed E-state index contributed by atoms with van der Waals surface area (Å²) in [6.07, 6.45) is 5.07. The number of rotatable bonds is 5. The number of nitrogens with one attached hydrogen (secondary N) is 1. The highest BCUT2D eigenvalue weighted by molar-refractivity contribution is 5.75. The third kappa shape index (κ3) is 2.39. The van der Waals surface area contributed by atoms with Crippen molar-refractivity contribution in [3.05, 3.63) is 24.2 Å². The molecule has 0 saturated heterocycles. The number of carboxylic acid groups (broad SMARTS) is 1. The molecule has 0 amide bonds. The lowest BCUT2D eigenvalue weighted by Crippen LogP contribution is -2.39. The first-order chi connectivity index (χ1) is 7.27. The van der Waals surface area contributed by atoms with E-state index in [0.29, 0.717) is 18.3 Å². The molecule has 15 heavy (non-hydrogen) atoms. The maximum absolute atomic E-state index is 11.0. The van der Waals surface area contributed by atoms with Gasteiger partial charge in [0, 0.05) is 12.6 Å². The summed E-state index contributed by atoms with van der Waals surface area (Å²) >= 11 is 0. The molecule has 4 nitrogen and oxygen atoms in total. The van der Waals surface area contributed by atoms with Crippen LogP contribution in [-0.2, 0) is 4.79 Å². The molecule has 82 valence electrons. The van der Waals surface area contributed by atoms with E-state index in [9.17, 15) is 4.79 Å². The first-order valence-corrected chi connectivity index (χ1v) is 5.27. The molecule has 0 aromatic carbocycles. The van der Waals surface area contributed by atoms with Crippen molar-refractivity contribution in [2.24, 2.45) is 0 Å². The molecule has 1 aromatic heterocycles. The van der Waals surface area contributed by atoms with Crippen molar-refractivity contribution in [3.63, 3.8) is 0 Å². The lowest BCUT2D eigenvalue weighted by atomic mass is 9.92. The van der Waals surface area contributed by atoms with Gasteiger partial charge >= 0.3 is 5.97 Å². The molecule has 1 aliphatic carbocycles.